The van der Waals surface area contributed by atoms with Gasteiger partial charge < -0.3 is 15.5 Å². The quantitative estimate of drug-likeness (QED) is 0.0420. The lowest BCUT2D eigenvalue weighted by Gasteiger charge is -2.22. The van der Waals surface area contributed by atoms with Gasteiger partial charge in [0.15, 0.2) is 0 Å². The highest BCUT2D eigenvalue weighted by Gasteiger charge is 2.20. The van der Waals surface area contributed by atoms with Gasteiger partial charge in [0.25, 0.3) is 0 Å². The number of rotatable bonds is 54. The van der Waals surface area contributed by atoms with E-state index in [9.17, 15) is 15.0 Å². The number of hydrogen-bond donors (Lipinski definition) is 3. The number of aliphatic hydroxyl groups excluding tert-OH is 2. The van der Waals surface area contributed by atoms with Gasteiger partial charge in [0.05, 0.1) is 18.8 Å². The van der Waals surface area contributed by atoms with E-state index >= 15 is 0 Å². The first kappa shape index (κ1) is 65.6. The predicted octanol–water partition coefficient (Wildman–Crippen LogP) is 19.9. The van der Waals surface area contributed by atoms with Crippen LogP contribution in [0.5, 0.6) is 0 Å². The van der Waals surface area contributed by atoms with Crippen LogP contribution in [0.4, 0.5) is 0 Å². The summed E-state index contributed by atoms with van der Waals surface area (Å²) in [5, 5.41) is 23.4. The molecular weight excluding hydrogens is 831 g/mol. The minimum absolute atomic E-state index is 0.0500. The summed E-state index contributed by atoms with van der Waals surface area (Å²) < 4.78 is 0. The van der Waals surface area contributed by atoms with E-state index in [1.807, 2.05) is 0 Å². The molecule has 0 saturated heterocycles. The van der Waals surface area contributed by atoms with Crippen molar-refractivity contribution >= 4 is 5.91 Å². The third kappa shape index (κ3) is 54.5. The van der Waals surface area contributed by atoms with E-state index in [1.54, 1.807) is 0 Å². The number of carbonyl (C=O) groups excluding carboxylic acids is 1. The maximum atomic E-state index is 12.5. The molecule has 0 aromatic rings. The van der Waals surface area contributed by atoms with Gasteiger partial charge in [0, 0.05) is 6.42 Å². The molecule has 4 nitrogen and oxygen atoms in total. The fourth-order valence-electron chi connectivity index (χ4n) is 8.93. The average Bonchev–Trinajstić information content (AvgIpc) is 3.34. The van der Waals surface area contributed by atoms with Crippen molar-refractivity contribution in [3.63, 3.8) is 0 Å². The van der Waals surface area contributed by atoms with Crippen molar-refractivity contribution in [3.05, 3.63) is 85.1 Å². The zero-order chi connectivity index (χ0) is 49.2. The van der Waals surface area contributed by atoms with E-state index in [0.29, 0.717) is 12.8 Å². The topological polar surface area (TPSA) is 69.6 Å². The molecule has 2 atom stereocenters. The maximum Gasteiger partial charge on any atom is 0.220 e. The first-order valence-corrected chi connectivity index (χ1v) is 29.8. The van der Waals surface area contributed by atoms with E-state index in [-0.39, 0.29) is 12.5 Å². The molecule has 3 N–H and O–H groups in total. The molecule has 394 valence electrons. The minimum Gasteiger partial charge on any atom is -0.394 e. The Morgan fingerprint density at radius 3 is 0.971 bits per heavy atom. The third-order valence-corrected chi connectivity index (χ3v) is 13.4. The molecule has 0 aliphatic rings. The van der Waals surface area contributed by atoms with Gasteiger partial charge in [-0.1, -0.05) is 304 Å². The van der Waals surface area contributed by atoms with Crippen LogP contribution in [0.2, 0.25) is 0 Å². The summed E-state index contributed by atoms with van der Waals surface area (Å²) in [7, 11) is 0. The van der Waals surface area contributed by atoms with Gasteiger partial charge in [0.2, 0.25) is 5.91 Å². The molecule has 68 heavy (non-hydrogen) atoms. The normalized spacial score (nSPS) is 13.4. The number of carbonyl (C=O) groups is 1. The van der Waals surface area contributed by atoms with Gasteiger partial charge in [-0.05, 0) is 70.6 Å². The van der Waals surface area contributed by atoms with E-state index in [0.717, 1.165) is 83.5 Å². The molecule has 4 heteroatoms. The van der Waals surface area contributed by atoms with Gasteiger partial charge in [-0.15, -0.1) is 0 Å². The molecule has 1 amide bonds. The molecule has 0 bridgehead atoms. The minimum atomic E-state index is -0.676. The Balaban J connectivity index is 3.52. The predicted molar refractivity (Wildman–Crippen MR) is 303 cm³/mol. The fraction of sp³-hybridized carbons (Fsp3) is 0.766. The van der Waals surface area contributed by atoms with Crippen molar-refractivity contribution in [2.24, 2.45) is 0 Å². The Hall–Kier alpha value is -2.43. The van der Waals surface area contributed by atoms with Crippen molar-refractivity contribution < 1.29 is 15.0 Å². The van der Waals surface area contributed by atoms with Crippen molar-refractivity contribution in [2.75, 3.05) is 6.61 Å². The second-order valence-corrected chi connectivity index (χ2v) is 20.0. The second-order valence-electron chi connectivity index (χ2n) is 20.0. The number of aliphatic hydroxyl groups is 2. The highest BCUT2D eigenvalue weighted by molar-refractivity contribution is 5.76. The largest absolute Gasteiger partial charge is 0.394 e. The Labute approximate surface area is 424 Å². The molecule has 0 fully saturated rings. The second kappa shape index (κ2) is 58.9. The van der Waals surface area contributed by atoms with Gasteiger partial charge in [-0.3, -0.25) is 4.79 Å². The van der Waals surface area contributed by atoms with Crippen LogP contribution < -0.4 is 5.32 Å². The molecular formula is C64H115NO3. The standard InChI is InChI=1S/C64H115NO3/c1-3-5-7-9-11-13-15-17-19-21-23-25-27-29-31-32-34-35-37-39-41-43-45-47-49-51-53-55-57-59-63(67)62(61-66)65-64(68)60-58-56-54-52-50-48-46-44-42-40-38-36-33-30-28-26-24-22-20-18-16-14-12-10-8-6-4-2/h6,8,12,14,18,20,24,26,30,33,38,40,44,46,62-63,66-67H,3-5,7,9-11,13,15-17,19,21-23,25,27-29,31-32,34-37,39,41-43,45,47-61H2,1-2H3,(H,65,68)/b8-6-,14-12-,20-18-,26-24-,33-30-,40-38-,46-44-. The molecule has 0 aromatic heterocycles. The molecule has 2 unspecified atom stereocenters. The number of allylic oxidation sites excluding steroid dienone is 14. The molecule has 0 heterocycles. The zero-order valence-corrected chi connectivity index (χ0v) is 45.4. The summed E-state index contributed by atoms with van der Waals surface area (Å²) in [6.45, 7) is 4.26. The lowest BCUT2D eigenvalue weighted by Crippen LogP contribution is -2.45. The van der Waals surface area contributed by atoms with Crippen molar-refractivity contribution in [2.45, 2.75) is 309 Å². The smallest absolute Gasteiger partial charge is 0.220 e. The highest BCUT2D eigenvalue weighted by atomic mass is 16.3. The van der Waals surface area contributed by atoms with Crippen molar-refractivity contribution in [1.82, 2.24) is 5.32 Å². The number of amides is 1. The first-order chi connectivity index (χ1) is 33.7. The van der Waals surface area contributed by atoms with E-state index in [2.05, 4.69) is 104 Å². The Morgan fingerprint density at radius 2 is 0.647 bits per heavy atom. The Kier molecular flexibility index (Phi) is 56.8. The molecule has 0 spiro atoms. The summed E-state index contributed by atoms with van der Waals surface area (Å²) in [6.07, 6.45) is 85.8. The van der Waals surface area contributed by atoms with Gasteiger partial charge in [-0.25, -0.2) is 0 Å². The van der Waals surface area contributed by atoms with Crippen molar-refractivity contribution in [1.29, 1.82) is 0 Å². The zero-order valence-electron chi connectivity index (χ0n) is 45.4. The van der Waals surface area contributed by atoms with E-state index in [1.165, 1.54) is 186 Å². The third-order valence-electron chi connectivity index (χ3n) is 13.4. The van der Waals surface area contributed by atoms with Crippen LogP contribution in [0.1, 0.15) is 296 Å². The van der Waals surface area contributed by atoms with E-state index < -0.39 is 12.1 Å². The summed E-state index contributed by atoms with van der Waals surface area (Å²) in [5.74, 6) is -0.0500. The monoisotopic (exact) mass is 946 g/mol. The van der Waals surface area contributed by atoms with Gasteiger partial charge in [-0.2, -0.15) is 0 Å². The maximum absolute atomic E-state index is 12.5. The molecule has 0 radical (unpaired) electrons. The summed E-state index contributed by atoms with van der Waals surface area (Å²) in [4.78, 5) is 12.5. The van der Waals surface area contributed by atoms with Crippen LogP contribution in [-0.4, -0.2) is 34.9 Å². The molecule has 0 aromatic carbocycles. The van der Waals surface area contributed by atoms with Crippen LogP contribution in [0, 0.1) is 0 Å². The van der Waals surface area contributed by atoms with Crippen LogP contribution in [-0.2, 0) is 4.79 Å². The summed E-state index contributed by atoms with van der Waals surface area (Å²) in [6, 6.07) is -0.555. The Morgan fingerprint density at radius 1 is 0.368 bits per heavy atom. The van der Waals surface area contributed by atoms with Crippen LogP contribution >= 0.6 is 0 Å². The number of nitrogens with one attached hydrogen (secondary N) is 1. The van der Waals surface area contributed by atoms with Crippen molar-refractivity contribution in [3.8, 4) is 0 Å². The summed E-state index contributed by atoms with van der Waals surface area (Å²) >= 11 is 0. The van der Waals surface area contributed by atoms with Gasteiger partial charge >= 0.3 is 0 Å². The molecule has 0 aliphatic carbocycles. The van der Waals surface area contributed by atoms with Gasteiger partial charge in [0.1, 0.15) is 0 Å². The number of hydrogen-bond acceptors (Lipinski definition) is 3. The molecule has 0 aliphatic heterocycles. The fourth-order valence-corrected chi connectivity index (χ4v) is 8.93. The van der Waals surface area contributed by atoms with Crippen LogP contribution in [0.25, 0.3) is 0 Å². The van der Waals surface area contributed by atoms with Crippen LogP contribution in [0.15, 0.2) is 85.1 Å². The van der Waals surface area contributed by atoms with Crippen LogP contribution in [0.3, 0.4) is 0 Å². The first-order valence-electron chi connectivity index (χ1n) is 29.8. The average molecular weight is 947 g/mol. The SMILES string of the molecule is CC/C=C\C/C=C\C/C=C\C/C=C\C/C=C\C/C=C\C/C=C\CCCCCCCC(=O)NC(CO)C(O)CCCCCCCCCCCCCCCCCCCCCCCCCCCCCCC. The molecule has 0 rings (SSSR count). The lowest BCUT2D eigenvalue weighted by atomic mass is 10.0. The Bertz CT molecular complexity index is 1210. The molecule has 0 saturated carbocycles. The highest BCUT2D eigenvalue weighted by Crippen LogP contribution is 2.17. The summed E-state index contributed by atoms with van der Waals surface area (Å²) in [5.41, 5.74) is 0. The lowest BCUT2D eigenvalue weighted by molar-refractivity contribution is -0.123. The number of unbranched alkanes of at least 4 members (excludes halogenated alkanes) is 33. The van der Waals surface area contributed by atoms with E-state index in [4.69, 9.17) is 0 Å².